The van der Waals surface area contributed by atoms with Crippen molar-refractivity contribution >= 4 is 17.7 Å². The Hall–Kier alpha value is -1.90. The fourth-order valence-corrected chi connectivity index (χ4v) is 3.76. The molecule has 1 unspecified atom stereocenters. The van der Waals surface area contributed by atoms with E-state index in [0.717, 1.165) is 12.3 Å². The maximum absolute atomic E-state index is 10.3. The van der Waals surface area contributed by atoms with Gasteiger partial charge in [-0.2, -0.15) is 0 Å². The number of hydrogen-bond donors (Lipinski definition) is 2. The predicted molar refractivity (Wildman–Crippen MR) is 120 cm³/mol. The Labute approximate surface area is 182 Å². The number of carboxylic acids is 1. The molecule has 0 saturated heterocycles. The topological polar surface area (TPSA) is 77.0 Å². The summed E-state index contributed by atoms with van der Waals surface area (Å²) >= 11 is 1.87. The number of carboxylic acid groups (broad SMARTS) is 1. The number of benzene rings is 2. The van der Waals surface area contributed by atoms with Gasteiger partial charge in [-0.1, -0.05) is 60.7 Å². The van der Waals surface area contributed by atoms with Crippen molar-refractivity contribution in [3.63, 3.8) is 0 Å². The Morgan fingerprint density at radius 2 is 1.40 bits per heavy atom. The number of thioether (sulfide) groups is 1. The van der Waals surface area contributed by atoms with Crippen LogP contribution in [0.2, 0.25) is 0 Å². The Morgan fingerprint density at radius 1 is 0.833 bits per heavy atom. The summed E-state index contributed by atoms with van der Waals surface area (Å²) in [5, 5.41) is 12.3. The number of ether oxygens (including phenoxy) is 3. The fraction of sp³-hybridized carbons (Fsp3) is 0.435. The van der Waals surface area contributed by atoms with Gasteiger partial charge in [-0.3, -0.25) is 10.1 Å². The van der Waals surface area contributed by atoms with Crippen molar-refractivity contribution in [2.45, 2.75) is 17.5 Å². The summed E-state index contributed by atoms with van der Waals surface area (Å²) < 4.78 is 16.2. The van der Waals surface area contributed by atoms with Crippen LogP contribution in [0, 0.1) is 0 Å². The van der Waals surface area contributed by atoms with E-state index in [2.05, 4.69) is 53.8 Å². The van der Waals surface area contributed by atoms with E-state index in [4.69, 9.17) is 19.3 Å². The van der Waals surface area contributed by atoms with Gasteiger partial charge in [-0.25, -0.2) is 0 Å². The summed E-state index contributed by atoms with van der Waals surface area (Å²) in [6.07, 6.45) is 0.0176. The minimum atomic E-state index is -0.856. The normalized spacial score (nSPS) is 12.0. The highest BCUT2D eigenvalue weighted by atomic mass is 32.2. The molecule has 0 spiro atoms. The molecule has 0 aliphatic carbocycles. The van der Waals surface area contributed by atoms with Crippen molar-refractivity contribution in [2.75, 3.05) is 46.2 Å². The highest BCUT2D eigenvalue weighted by Crippen LogP contribution is 2.28. The molecule has 7 heteroatoms. The summed E-state index contributed by atoms with van der Waals surface area (Å²) in [7, 11) is 0. The monoisotopic (exact) mass is 433 g/mol. The first-order valence-electron chi connectivity index (χ1n) is 10.1. The molecule has 1 atom stereocenters. The largest absolute Gasteiger partial charge is 0.481 e. The lowest BCUT2D eigenvalue weighted by Gasteiger charge is -2.19. The van der Waals surface area contributed by atoms with Crippen LogP contribution in [0.15, 0.2) is 60.7 Å². The lowest BCUT2D eigenvalue weighted by atomic mass is 10.2. The van der Waals surface area contributed by atoms with Crippen LogP contribution in [0.1, 0.15) is 22.9 Å². The average Bonchev–Trinajstić information content (AvgIpc) is 2.77. The quantitative estimate of drug-likeness (QED) is 0.291. The second-order valence-corrected chi connectivity index (χ2v) is 7.62. The first-order chi connectivity index (χ1) is 14.8. The number of carbonyl (C=O) groups is 1. The third kappa shape index (κ3) is 11.3. The molecule has 0 amide bonds. The second-order valence-electron chi connectivity index (χ2n) is 6.52. The first kappa shape index (κ1) is 24.4. The smallest absolute Gasteiger partial charge is 0.305 e. The van der Waals surface area contributed by atoms with Gasteiger partial charge in [0.2, 0.25) is 0 Å². The van der Waals surface area contributed by atoms with Crippen molar-refractivity contribution in [1.82, 2.24) is 5.32 Å². The predicted octanol–water partition coefficient (Wildman–Crippen LogP) is 3.73. The van der Waals surface area contributed by atoms with Gasteiger partial charge in [0.25, 0.3) is 0 Å². The second kappa shape index (κ2) is 15.9. The van der Waals surface area contributed by atoms with Crippen molar-refractivity contribution in [3.8, 4) is 0 Å². The third-order valence-corrected chi connectivity index (χ3v) is 5.41. The Kier molecular flexibility index (Phi) is 12.9. The molecule has 2 rings (SSSR count). The third-order valence-electron chi connectivity index (χ3n) is 4.14. The van der Waals surface area contributed by atoms with Gasteiger partial charge in [-0.15, -0.1) is 11.8 Å². The molecule has 0 radical (unpaired) electrons. The molecule has 0 fully saturated rings. The Balaban J connectivity index is 1.56. The number of rotatable bonds is 17. The van der Waals surface area contributed by atoms with Crippen LogP contribution < -0.4 is 5.32 Å². The van der Waals surface area contributed by atoms with Gasteiger partial charge in [0.1, 0.15) is 0 Å². The van der Waals surface area contributed by atoms with E-state index in [1.807, 2.05) is 23.9 Å². The van der Waals surface area contributed by atoms with Crippen LogP contribution in [0.4, 0.5) is 0 Å². The maximum atomic E-state index is 10.3. The highest BCUT2D eigenvalue weighted by molar-refractivity contribution is 7.98. The molecular weight excluding hydrogens is 402 g/mol. The van der Waals surface area contributed by atoms with E-state index >= 15 is 0 Å². The van der Waals surface area contributed by atoms with Gasteiger partial charge >= 0.3 is 5.97 Å². The Morgan fingerprint density at radius 3 is 2.03 bits per heavy atom. The Bertz CT molecular complexity index is 687. The average molecular weight is 434 g/mol. The summed E-state index contributed by atoms with van der Waals surface area (Å²) in [6, 6.07) is 20.9. The molecule has 6 nitrogen and oxygen atoms in total. The fourth-order valence-electron chi connectivity index (χ4n) is 2.62. The number of aliphatic carboxylic acids is 1. The zero-order chi connectivity index (χ0) is 21.3. The highest BCUT2D eigenvalue weighted by Gasteiger charge is 2.11. The molecule has 2 N–H and O–H groups in total. The molecule has 30 heavy (non-hydrogen) atoms. The van der Waals surface area contributed by atoms with Crippen LogP contribution in [-0.4, -0.2) is 57.3 Å². The molecule has 2 aromatic carbocycles. The molecule has 0 saturated carbocycles. The SMILES string of the molecule is O=C(O)CCOCCOCCOCCNC(SCc1ccccc1)c1ccccc1. The summed E-state index contributed by atoms with van der Waals surface area (Å²) in [6.45, 7) is 3.41. The van der Waals surface area contributed by atoms with E-state index in [0.29, 0.717) is 33.0 Å². The van der Waals surface area contributed by atoms with E-state index < -0.39 is 5.97 Å². The summed E-state index contributed by atoms with van der Waals surface area (Å²) in [4.78, 5) is 10.3. The van der Waals surface area contributed by atoms with E-state index in [1.165, 1.54) is 11.1 Å². The van der Waals surface area contributed by atoms with Gasteiger partial charge < -0.3 is 19.3 Å². The minimum Gasteiger partial charge on any atom is -0.481 e. The van der Waals surface area contributed by atoms with Crippen LogP contribution in [0.25, 0.3) is 0 Å². The molecule has 0 aromatic heterocycles. The molecule has 164 valence electrons. The molecule has 0 aliphatic heterocycles. The van der Waals surface area contributed by atoms with Gasteiger partial charge in [-0.05, 0) is 11.1 Å². The minimum absolute atomic E-state index is 0.0176. The van der Waals surface area contributed by atoms with Gasteiger partial charge in [0, 0.05) is 12.3 Å². The molecule has 0 bridgehead atoms. The van der Waals surface area contributed by atoms with Crippen LogP contribution in [-0.2, 0) is 24.8 Å². The molecule has 0 aliphatic rings. The van der Waals surface area contributed by atoms with E-state index in [1.54, 1.807) is 0 Å². The maximum Gasteiger partial charge on any atom is 0.305 e. The lowest BCUT2D eigenvalue weighted by Crippen LogP contribution is -2.24. The molecular formula is C23H31NO5S. The number of nitrogens with one attached hydrogen (secondary N) is 1. The van der Waals surface area contributed by atoms with E-state index in [9.17, 15) is 4.79 Å². The van der Waals surface area contributed by atoms with Crippen LogP contribution in [0.3, 0.4) is 0 Å². The van der Waals surface area contributed by atoms with Crippen molar-refractivity contribution in [3.05, 3.63) is 71.8 Å². The van der Waals surface area contributed by atoms with Gasteiger partial charge in [0.05, 0.1) is 51.4 Å². The summed E-state index contributed by atoms with van der Waals surface area (Å²) in [5.41, 5.74) is 2.57. The lowest BCUT2D eigenvalue weighted by molar-refractivity contribution is -0.138. The van der Waals surface area contributed by atoms with E-state index in [-0.39, 0.29) is 18.4 Å². The zero-order valence-electron chi connectivity index (χ0n) is 17.2. The standard InChI is InChI=1S/C23H31NO5S/c25-22(26)11-13-27-15-17-29-18-16-28-14-12-24-23(21-9-5-2-6-10-21)30-19-20-7-3-1-4-8-20/h1-10,23-24H,11-19H2,(H,25,26). The summed E-state index contributed by atoms with van der Waals surface area (Å²) in [5.74, 6) is 0.0855. The van der Waals surface area contributed by atoms with Crippen LogP contribution >= 0.6 is 11.8 Å². The van der Waals surface area contributed by atoms with Crippen molar-refractivity contribution in [2.24, 2.45) is 0 Å². The van der Waals surface area contributed by atoms with Gasteiger partial charge in [0.15, 0.2) is 0 Å². The molecule has 0 heterocycles. The number of hydrogen-bond acceptors (Lipinski definition) is 6. The van der Waals surface area contributed by atoms with Crippen molar-refractivity contribution < 1.29 is 24.1 Å². The first-order valence-corrected chi connectivity index (χ1v) is 11.2. The van der Waals surface area contributed by atoms with Crippen molar-refractivity contribution in [1.29, 1.82) is 0 Å². The van der Waals surface area contributed by atoms with Crippen LogP contribution in [0.5, 0.6) is 0 Å². The zero-order valence-corrected chi connectivity index (χ0v) is 18.0. The molecule has 2 aromatic rings.